The molecule has 0 saturated carbocycles. The van der Waals surface area contributed by atoms with Gasteiger partial charge in [0.15, 0.2) is 0 Å². The van der Waals surface area contributed by atoms with Gasteiger partial charge in [0.2, 0.25) is 0 Å². The van der Waals surface area contributed by atoms with E-state index in [1.54, 1.807) is 0 Å². The van der Waals surface area contributed by atoms with Crippen molar-refractivity contribution in [1.29, 1.82) is 0 Å². The molecule has 1 aliphatic heterocycles. The minimum atomic E-state index is -0.357. The van der Waals surface area contributed by atoms with Gasteiger partial charge in [-0.3, -0.25) is 4.79 Å². The van der Waals surface area contributed by atoms with Gasteiger partial charge in [-0.15, -0.1) is 11.6 Å². The smallest absolute Gasteiger partial charge is 0.321 e. The Morgan fingerprint density at radius 2 is 2.17 bits per heavy atom. The second-order valence-electron chi connectivity index (χ2n) is 3.17. The number of carbonyl (C=O) groups excluding carboxylic acids is 1. The van der Waals surface area contributed by atoms with E-state index in [0.717, 1.165) is 12.8 Å². The first-order valence-electron chi connectivity index (χ1n) is 4.02. The molecule has 1 heterocycles. The van der Waals surface area contributed by atoms with Crippen LogP contribution in [0.3, 0.4) is 0 Å². The van der Waals surface area contributed by atoms with Gasteiger partial charge in [0.25, 0.3) is 0 Å². The van der Waals surface area contributed by atoms with Gasteiger partial charge < -0.3 is 9.47 Å². The number of esters is 1. The second kappa shape index (κ2) is 4.10. The van der Waals surface area contributed by atoms with Crippen LogP contribution in [0.1, 0.15) is 19.8 Å². The first kappa shape index (κ1) is 9.81. The zero-order chi connectivity index (χ0) is 9.03. The van der Waals surface area contributed by atoms with Crippen molar-refractivity contribution in [3.8, 4) is 0 Å². The number of alkyl halides is 1. The van der Waals surface area contributed by atoms with Crippen LogP contribution in [0.25, 0.3) is 0 Å². The molecule has 1 saturated heterocycles. The lowest BCUT2D eigenvalue weighted by atomic mass is 9.97. The Kier molecular flexibility index (Phi) is 3.35. The lowest BCUT2D eigenvalue weighted by molar-refractivity contribution is -0.163. The highest BCUT2D eigenvalue weighted by molar-refractivity contribution is 6.26. The lowest BCUT2D eigenvalue weighted by Gasteiger charge is -2.32. The zero-order valence-electron chi connectivity index (χ0n) is 7.14. The highest BCUT2D eigenvalue weighted by Gasteiger charge is 2.30. The highest BCUT2D eigenvalue weighted by atomic mass is 35.5. The third-order valence-electron chi connectivity index (χ3n) is 2.02. The van der Waals surface area contributed by atoms with Crippen LogP contribution < -0.4 is 0 Å². The van der Waals surface area contributed by atoms with Gasteiger partial charge in [0.05, 0.1) is 13.2 Å². The predicted molar refractivity (Wildman–Crippen MR) is 45.3 cm³/mol. The normalized spacial score (nSPS) is 21.8. The van der Waals surface area contributed by atoms with Crippen molar-refractivity contribution in [1.82, 2.24) is 0 Å². The van der Waals surface area contributed by atoms with Crippen LogP contribution in [0.2, 0.25) is 0 Å². The molecular formula is C8H13ClO3. The largest absolute Gasteiger partial charge is 0.458 e. The quantitative estimate of drug-likeness (QED) is 0.489. The van der Waals surface area contributed by atoms with Gasteiger partial charge in [0, 0.05) is 12.8 Å². The van der Waals surface area contributed by atoms with Crippen LogP contribution in [0, 0.1) is 0 Å². The molecule has 1 fully saturated rings. The van der Waals surface area contributed by atoms with E-state index in [1.165, 1.54) is 0 Å². The van der Waals surface area contributed by atoms with Gasteiger partial charge >= 0.3 is 5.97 Å². The SMILES string of the molecule is CC1(OC(=O)CCl)CCOCC1. The average Bonchev–Trinajstić information content (AvgIpc) is 2.05. The monoisotopic (exact) mass is 192 g/mol. The Bertz CT molecular complexity index is 164. The van der Waals surface area contributed by atoms with Crippen molar-refractivity contribution in [2.75, 3.05) is 19.1 Å². The molecule has 0 aromatic carbocycles. The molecule has 4 heteroatoms. The lowest BCUT2D eigenvalue weighted by Crippen LogP contribution is -2.38. The summed E-state index contributed by atoms with van der Waals surface area (Å²) in [6.45, 7) is 3.23. The van der Waals surface area contributed by atoms with Crippen LogP contribution in [0.4, 0.5) is 0 Å². The molecule has 0 amide bonds. The summed E-state index contributed by atoms with van der Waals surface area (Å²) in [4.78, 5) is 10.9. The molecule has 3 nitrogen and oxygen atoms in total. The zero-order valence-corrected chi connectivity index (χ0v) is 7.89. The molecule has 1 rings (SSSR count). The van der Waals surface area contributed by atoms with Crippen LogP contribution in [0.15, 0.2) is 0 Å². The molecule has 12 heavy (non-hydrogen) atoms. The van der Waals surface area contributed by atoms with Gasteiger partial charge in [0.1, 0.15) is 11.5 Å². The third-order valence-corrected chi connectivity index (χ3v) is 2.24. The van der Waals surface area contributed by atoms with Crippen LogP contribution in [-0.4, -0.2) is 30.7 Å². The summed E-state index contributed by atoms with van der Waals surface area (Å²) in [5.41, 5.74) is -0.357. The Morgan fingerprint density at radius 1 is 1.58 bits per heavy atom. The van der Waals surface area contributed by atoms with Crippen molar-refractivity contribution in [2.24, 2.45) is 0 Å². The van der Waals surface area contributed by atoms with E-state index in [0.29, 0.717) is 13.2 Å². The van der Waals surface area contributed by atoms with Gasteiger partial charge in [-0.25, -0.2) is 0 Å². The van der Waals surface area contributed by atoms with Crippen molar-refractivity contribution < 1.29 is 14.3 Å². The minimum absolute atomic E-state index is 0.0730. The molecule has 0 aromatic heterocycles. The van der Waals surface area contributed by atoms with E-state index in [9.17, 15) is 4.79 Å². The molecular weight excluding hydrogens is 180 g/mol. The number of ether oxygens (including phenoxy) is 2. The number of hydrogen-bond acceptors (Lipinski definition) is 3. The molecule has 0 unspecified atom stereocenters. The van der Waals surface area contributed by atoms with E-state index >= 15 is 0 Å². The predicted octanol–water partition coefficient (Wildman–Crippen LogP) is 1.34. The van der Waals surface area contributed by atoms with Crippen molar-refractivity contribution >= 4 is 17.6 Å². The summed E-state index contributed by atoms with van der Waals surface area (Å²) in [5.74, 6) is -0.419. The Hall–Kier alpha value is -0.280. The molecule has 0 N–H and O–H groups in total. The molecule has 0 spiro atoms. The van der Waals surface area contributed by atoms with E-state index in [4.69, 9.17) is 21.1 Å². The molecule has 0 bridgehead atoms. The van der Waals surface area contributed by atoms with E-state index in [1.807, 2.05) is 6.92 Å². The Morgan fingerprint density at radius 3 is 2.67 bits per heavy atom. The van der Waals surface area contributed by atoms with Crippen LogP contribution in [0.5, 0.6) is 0 Å². The third kappa shape index (κ3) is 2.64. The molecule has 0 atom stereocenters. The molecule has 0 radical (unpaired) electrons. The fourth-order valence-corrected chi connectivity index (χ4v) is 1.26. The maximum Gasteiger partial charge on any atom is 0.321 e. The number of hydrogen-bond donors (Lipinski definition) is 0. The molecule has 0 aromatic rings. The van der Waals surface area contributed by atoms with Crippen LogP contribution in [-0.2, 0) is 14.3 Å². The van der Waals surface area contributed by atoms with E-state index in [-0.39, 0.29) is 17.5 Å². The standard InChI is InChI=1S/C8H13ClO3/c1-8(12-7(10)6-9)2-4-11-5-3-8/h2-6H2,1H3. The maximum atomic E-state index is 10.9. The maximum absolute atomic E-state index is 10.9. The average molecular weight is 193 g/mol. The summed E-state index contributed by atoms with van der Waals surface area (Å²) >= 11 is 5.33. The fraction of sp³-hybridized carbons (Fsp3) is 0.875. The van der Waals surface area contributed by atoms with Crippen molar-refractivity contribution in [3.05, 3.63) is 0 Å². The summed E-state index contributed by atoms with van der Waals surface area (Å²) < 4.78 is 10.3. The molecule has 1 aliphatic rings. The summed E-state index contributed by atoms with van der Waals surface area (Å²) in [6.07, 6.45) is 1.52. The Labute approximate surface area is 77.0 Å². The second-order valence-corrected chi connectivity index (χ2v) is 3.44. The van der Waals surface area contributed by atoms with E-state index < -0.39 is 0 Å². The summed E-state index contributed by atoms with van der Waals surface area (Å²) in [6, 6.07) is 0. The first-order chi connectivity index (χ1) is 5.66. The van der Waals surface area contributed by atoms with Crippen molar-refractivity contribution in [2.45, 2.75) is 25.4 Å². The highest BCUT2D eigenvalue weighted by Crippen LogP contribution is 2.24. The summed E-state index contributed by atoms with van der Waals surface area (Å²) in [5, 5.41) is 0. The first-order valence-corrected chi connectivity index (χ1v) is 4.55. The number of halogens is 1. The topological polar surface area (TPSA) is 35.5 Å². The number of rotatable bonds is 2. The molecule has 70 valence electrons. The Balaban J connectivity index is 2.41. The summed E-state index contributed by atoms with van der Waals surface area (Å²) in [7, 11) is 0. The minimum Gasteiger partial charge on any atom is -0.458 e. The van der Waals surface area contributed by atoms with Crippen LogP contribution >= 0.6 is 11.6 Å². The van der Waals surface area contributed by atoms with Crippen molar-refractivity contribution in [3.63, 3.8) is 0 Å². The van der Waals surface area contributed by atoms with Gasteiger partial charge in [-0.1, -0.05) is 0 Å². The van der Waals surface area contributed by atoms with E-state index in [2.05, 4.69) is 0 Å². The van der Waals surface area contributed by atoms with Gasteiger partial charge in [-0.05, 0) is 6.92 Å². The van der Waals surface area contributed by atoms with Gasteiger partial charge in [-0.2, -0.15) is 0 Å². The fourth-order valence-electron chi connectivity index (χ4n) is 1.21. The number of carbonyl (C=O) groups is 1. The molecule has 0 aliphatic carbocycles.